The van der Waals surface area contributed by atoms with Crippen molar-refractivity contribution in [2.75, 3.05) is 19.6 Å². The summed E-state index contributed by atoms with van der Waals surface area (Å²) in [6.07, 6.45) is 2.61. The Morgan fingerprint density at radius 1 is 1.41 bits per heavy atom. The molecule has 2 aliphatic rings. The van der Waals surface area contributed by atoms with Crippen LogP contribution in [0, 0.1) is 11.3 Å². The van der Waals surface area contributed by atoms with E-state index in [1.807, 2.05) is 6.07 Å². The lowest BCUT2D eigenvalue weighted by Gasteiger charge is -2.35. The standard InChI is InChI=1S/C16H17F2N3O/c17-16(18,13-4-1-3-12(9-13)10-19)14(22)20-15(5-6-15)11-21-7-2-8-21/h1,3-4,9H,2,5-8,11H2,(H,20,22). The molecule has 1 heterocycles. The molecular weight excluding hydrogens is 288 g/mol. The Hall–Kier alpha value is -2.00. The lowest BCUT2D eigenvalue weighted by molar-refractivity contribution is -0.148. The van der Waals surface area contributed by atoms with Crippen molar-refractivity contribution in [3.05, 3.63) is 35.4 Å². The number of carbonyl (C=O) groups is 1. The summed E-state index contributed by atoms with van der Waals surface area (Å²) < 4.78 is 28.6. The van der Waals surface area contributed by atoms with Crippen LogP contribution >= 0.6 is 0 Å². The van der Waals surface area contributed by atoms with Gasteiger partial charge in [0.05, 0.1) is 17.2 Å². The van der Waals surface area contributed by atoms with Crippen LogP contribution in [0.25, 0.3) is 0 Å². The molecule has 116 valence electrons. The number of hydrogen-bond donors (Lipinski definition) is 1. The SMILES string of the molecule is N#Cc1cccc(C(F)(F)C(=O)NC2(CN3CCC3)CC2)c1. The van der Waals surface area contributed by atoms with Crippen molar-refractivity contribution in [3.8, 4) is 6.07 Å². The zero-order valence-corrected chi connectivity index (χ0v) is 12.1. The van der Waals surface area contributed by atoms with Gasteiger partial charge < -0.3 is 10.2 Å². The van der Waals surface area contributed by atoms with Gasteiger partial charge in [-0.05, 0) is 44.5 Å². The molecule has 22 heavy (non-hydrogen) atoms. The highest BCUT2D eigenvalue weighted by atomic mass is 19.3. The fourth-order valence-corrected chi connectivity index (χ4v) is 2.68. The molecule has 1 aliphatic heterocycles. The average Bonchev–Trinajstić information content (AvgIpc) is 3.23. The van der Waals surface area contributed by atoms with Gasteiger partial charge in [0.25, 0.3) is 5.91 Å². The summed E-state index contributed by atoms with van der Waals surface area (Å²) in [7, 11) is 0. The van der Waals surface area contributed by atoms with Gasteiger partial charge in [0.1, 0.15) is 0 Å². The minimum Gasteiger partial charge on any atom is -0.344 e. The van der Waals surface area contributed by atoms with E-state index < -0.39 is 22.9 Å². The number of rotatable bonds is 5. The number of halogens is 2. The van der Waals surface area contributed by atoms with E-state index in [0.29, 0.717) is 6.54 Å². The molecule has 1 amide bonds. The smallest absolute Gasteiger partial charge is 0.344 e. The third-order valence-corrected chi connectivity index (χ3v) is 4.35. The molecule has 1 saturated carbocycles. The van der Waals surface area contributed by atoms with Crippen LogP contribution in [0.5, 0.6) is 0 Å². The monoisotopic (exact) mass is 305 g/mol. The van der Waals surface area contributed by atoms with Crippen molar-refractivity contribution >= 4 is 5.91 Å². The molecule has 0 bridgehead atoms. The first-order valence-corrected chi connectivity index (χ1v) is 7.39. The van der Waals surface area contributed by atoms with Crippen LogP contribution in [0.1, 0.15) is 30.4 Å². The second-order valence-electron chi connectivity index (χ2n) is 6.13. The summed E-state index contributed by atoms with van der Waals surface area (Å²) in [6.45, 7) is 2.59. The van der Waals surface area contributed by atoms with Crippen LogP contribution in [0.3, 0.4) is 0 Å². The fourth-order valence-electron chi connectivity index (χ4n) is 2.68. The summed E-state index contributed by atoms with van der Waals surface area (Å²) in [5.74, 6) is -4.90. The number of amides is 1. The van der Waals surface area contributed by atoms with Crippen LogP contribution in [0.2, 0.25) is 0 Å². The van der Waals surface area contributed by atoms with Crippen molar-refractivity contribution in [1.29, 1.82) is 5.26 Å². The van der Waals surface area contributed by atoms with E-state index in [0.717, 1.165) is 38.4 Å². The van der Waals surface area contributed by atoms with Gasteiger partial charge in [-0.25, -0.2) is 0 Å². The molecule has 2 fully saturated rings. The number of alkyl halides is 2. The van der Waals surface area contributed by atoms with Gasteiger partial charge in [0.15, 0.2) is 0 Å². The third-order valence-electron chi connectivity index (χ3n) is 4.35. The quantitative estimate of drug-likeness (QED) is 0.905. The largest absolute Gasteiger partial charge is 0.349 e. The Balaban J connectivity index is 1.71. The Kier molecular flexibility index (Phi) is 3.61. The van der Waals surface area contributed by atoms with E-state index in [1.165, 1.54) is 18.2 Å². The van der Waals surface area contributed by atoms with E-state index in [-0.39, 0.29) is 5.56 Å². The number of nitrogens with zero attached hydrogens (tertiary/aromatic N) is 2. The Morgan fingerprint density at radius 2 is 2.14 bits per heavy atom. The highest BCUT2D eigenvalue weighted by Crippen LogP contribution is 2.39. The van der Waals surface area contributed by atoms with Gasteiger partial charge in [-0.1, -0.05) is 12.1 Å². The van der Waals surface area contributed by atoms with Gasteiger partial charge in [-0.2, -0.15) is 14.0 Å². The maximum absolute atomic E-state index is 14.3. The van der Waals surface area contributed by atoms with Crippen LogP contribution in [0.4, 0.5) is 8.78 Å². The summed E-state index contributed by atoms with van der Waals surface area (Å²) in [6, 6.07) is 6.85. The van der Waals surface area contributed by atoms with Crippen LogP contribution in [-0.4, -0.2) is 36.0 Å². The Bertz CT molecular complexity index is 631. The van der Waals surface area contributed by atoms with E-state index in [1.54, 1.807) is 0 Å². The number of nitrogens with one attached hydrogen (secondary N) is 1. The molecule has 1 aliphatic carbocycles. The Labute approximate surface area is 127 Å². The maximum Gasteiger partial charge on any atom is 0.349 e. The summed E-state index contributed by atoms with van der Waals surface area (Å²) in [5.41, 5.74) is -0.816. The van der Waals surface area contributed by atoms with Crippen molar-refractivity contribution in [1.82, 2.24) is 10.2 Å². The molecule has 1 aromatic rings. The molecule has 1 N–H and O–H groups in total. The molecule has 0 atom stereocenters. The number of nitriles is 1. The third kappa shape index (κ3) is 2.81. The van der Waals surface area contributed by atoms with Crippen molar-refractivity contribution in [2.24, 2.45) is 0 Å². The number of benzene rings is 1. The summed E-state index contributed by atoms with van der Waals surface area (Å²) in [5, 5.41) is 11.3. The lowest BCUT2D eigenvalue weighted by atomic mass is 10.0. The van der Waals surface area contributed by atoms with Gasteiger partial charge in [-0.15, -0.1) is 0 Å². The van der Waals surface area contributed by atoms with Gasteiger partial charge in [0.2, 0.25) is 0 Å². The first-order chi connectivity index (χ1) is 10.5. The molecular formula is C16H17F2N3O. The first kappa shape index (κ1) is 14.9. The topological polar surface area (TPSA) is 56.1 Å². The van der Waals surface area contributed by atoms with E-state index in [4.69, 9.17) is 5.26 Å². The lowest BCUT2D eigenvalue weighted by Crippen LogP contribution is -2.53. The highest BCUT2D eigenvalue weighted by Gasteiger charge is 2.51. The van der Waals surface area contributed by atoms with Crippen LogP contribution in [-0.2, 0) is 10.7 Å². The fraction of sp³-hybridized carbons (Fsp3) is 0.500. The molecule has 1 saturated heterocycles. The van der Waals surface area contributed by atoms with E-state index >= 15 is 0 Å². The molecule has 0 spiro atoms. The van der Waals surface area contributed by atoms with Crippen molar-refractivity contribution in [2.45, 2.75) is 30.7 Å². The van der Waals surface area contributed by atoms with E-state index in [2.05, 4.69) is 10.2 Å². The number of carbonyl (C=O) groups excluding carboxylic acids is 1. The van der Waals surface area contributed by atoms with E-state index in [9.17, 15) is 13.6 Å². The Morgan fingerprint density at radius 3 is 2.68 bits per heavy atom. The maximum atomic E-state index is 14.3. The molecule has 6 heteroatoms. The molecule has 1 aromatic carbocycles. The molecule has 0 radical (unpaired) electrons. The summed E-state index contributed by atoms with van der Waals surface area (Å²) in [4.78, 5) is 14.2. The van der Waals surface area contributed by atoms with Gasteiger partial charge in [-0.3, -0.25) is 4.79 Å². The first-order valence-electron chi connectivity index (χ1n) is 7.39. The van der Waals surface area contributed by atoms with Crippen LogP contribution in [0.15, 0.2) is 24.3 Å². The minimum atomic E-state index is -3.63. The van der Waals surface area contributed by atoms with Crippen LogP contribution < -0.4 is 5.32 Å². The normalized spacial score (nSPS) is 19.9. The second-order valence-corrected chi connectivity index (χ2v) is 6.13. The minimum absolute atomic E-state index is 0.117. The zero-order chi connectivity index (χ0) is 15.8. The van der Waals surface area contributed by atoms with Crippen molar-refractivity contribution < 1.29 is 13.6 Å². The van der Waals surface area contributed by atoms with Gasteiger partial charge >= 0.3 is 5.92 Å². The average molecular weight is 305 g/mol. The predicted octanol–water partition coefficient (Wildman–Crippen LogP) is 2.00. The summed E-state index contributed by atoms with van der Waals surface area (Å²) >= 11 is 0. The predicted molar refractivity (Wildman–Crippen MR) is 76.2 cm³/mol. The second kappa shape index (κ2) is 5.33. The zero-order valence-electron chi connectivity index (χ0n) is 12.1. The number of likely N-dealkylation sites (tertiary alicyclic amines) is 1. The molecule has 0 aromatic heterocycles. The molecule has 0 unspecified atom stereocenters. The molecule has 4 nitrogen and oxygen atoms in total. The highest BCUT2D eigenvalue weighted by molar-refractivity contribution is 5.86. The molecule has 3 rings (SSSR count). The van der Waals surface area contributed by atoms with Gasteiger partial charge in [0, 0.05) is 12.1 Å². The number of hydrogen-bond acceptors (Lipinski definition) is 3. The van der Waals surface area contributed by atoms with Crippen molar-refractivity contribution in [3.63, 3.8) is 0 Å².